The van der Waals surface area contributed by atoms with Crippen molar-refractivity contribution in [3.8, 4) is 0 Å². The Balaban J connectivity index is 2.11. The highest BCUT2D eigenvalue weighted by molar-refractivity contribution is 6.99. The number of carboxylic acids is 1. The molecule has 1 aromatic rings. The summed E-state index contributed by atoms with van der Waals surface area (Å²) in [4.78, 5) is 10.9. The molecule has 0 unspecified atom stereocenters. The van der Waals surface area contributed by atoms with Gasteiger partial charge in [0, 0.05) is 19.5 Å². The molecule has 70 valence electrons. The van der Waals surface area contributed by atoms with Gasteiger partial charge >= 0.3 is 5.97 Å². The Morgan fingerprint density at radius 3 is 2.92 bits per heavy atom. The molecule has 5 nitrogen and oxygen atoms in total. The van der Waals surface area contributed by atoms with E-state index in [0.29, 0.717) is 19.5 Å². The molecule has 2 N–H and O–H groups in total. The van der Waals surface area contributed by atoms with E-state index in [-0.39, 0.29) is 0 Å². The van der Waals surface area contributed by atoms with E-state index in [0.717, 1.165) is 17.4 Å². The van der Waals surface area contributed by atoms with Crippen LogP contribution in [0.5, 0.6) is 0 Å². The number of nitrogens with zero attached hydrogens (tertiary/aromatic N) is 2. The lowest BCUT2D eigenvalue weighted by molar-refractivity contribution is -0.152. The largest absolute Gasteiger partial charge is 0.481 e. The average molecular weight is 199 g/mol. The van der Waals surface area contributed by atoms with Crippen LogP contribution >= 0.6 is 11.7 Å². The number of hydrogen-bond donors (Lipinski definition) is 2. The van der Waals surface area contributed by atoms with E-state index in [2.05, 4.69) is 14.1 Å². The maximum atomic E-state index is 10.9. The van der Waals surface area contributed by atoms with Crippen LogP contribution in [0.1, 0.15) is 5.69 Å². The van der Waals surface area contributed by atoms with E-state index < -0.39 is 11.4 Å². The number of carboxylic acid groups (broad SMARTS) is 1. The number of carbonyl (C=O) groups is 1. The number of hydrogen-bond acceptors (Lipinski definition) is 5. The van der Waals surface area contributed by atoms with Gasteiger partial charge in [-0.25, -0.2) is 0 Å². The fraction of sp³-hybridized carbons (Fsp3) is 0.571. The molecule has 6 heteroatoms. The van der Waals surface area contributed by atoms with E-state index in [1.165, 1.54) is 0 Å². The van der Waals surface area contributed by atoms with Crippen molar-refractivity contribution < 1.29 is 9.90 Å². The lowest BCUT2D eigenvalue weighted by atomic mass is 9.78. The highest BCUT2D eigenvalue weighted by Gasteiger charge is 2.44. The van der Waals surface area contributed by atoms with E-state index >= 15 is 0 Å². The van der Waals surface area contributed by atoms with Crippen molar-refractivity contribution in [2.75, 3.05) is 13.1 Å². The van der Waals surface area contributed by atoms with Crippen LogP contribution in [0.4, 0.5) is 0 Å². The topological polar surface area (TPSA) is 75.1 Å². The summed E-state index contributed by atoms with van der Waals surface area (Å²) in [6, 6.07) is 0. The molecular formula is C7H9N3O2S. The van der Waals surface area contributed by atoms with Gasteiger partial charge in [0.2, 0.25) is 0 Å². The van der Waals surface area contributed by atoms with Gasteiger partial charge in [0.05, 0.1) is 29.0 Å². The average Bonchev–Trinajstić information content (AvgIpc) is 2.47. The summed E-state index contributed by atoms with van der Waals surface area (Å²) in [6.45, 7) is 1.06. The Bertz CT molecular complexity index is 308. The minimum atomic E-state index is -0.751. The first kappa shape index (κ1) is 8.58. The second-order valence-corrected chi connectivity index (χ2v) is 3.82. The zero-order valence-electron chi connectivity index (χ0n) is 6.86. The predicted molar refractivity (Wildman–Crippen MR) is 46.6 cm³/mol. The molecule has 1 saturated heterocycles. The third-order valence-electron chi connectivity index (χ3n) is 2.31. The summed E-state index contributed by atoms with van der Waals surface area (Å²) in [5, 5.41) is 12.0. The van der Waals surface area contributed by atoms with Crippen molar-refractivity contribution in [1.29, 1.82) is 0 Å². The first-order chi connectivity index (χ1) is 6.23. The monoisotopic (exact) mass is 199 g/mol. The van der Waals surface area contributed by atoms with Gasteiger partial charge in [0.1, 0.15) is 0 Å². The molecular weight excluding hydrogens is 190 g/mol. The van der Waals surface area contributed by atoms with Crippen LogP contribution in [0, 0.1) is 5.41 Å². The summed E-state index contributed by atoms with van der Waals surface area (Å²) < 4.78 is 7.85. The van der Waals surface area contributed by atoms with Crippen molar-refractivity contribution in [2.45, 2.75) is 6.42 Å². The quantitative estimate of drug-likeness (QED) is 0.702. The van der Waals surface area contributed by atoms with Crippen LogP contribution in [0.2, 0.25) is 0 Å². The number of rotatable bonds is 3. The highest BCUT2D eigenvalue weighted by Crippen LogP contribution is 2.27. The Morgan fingerprint density at radius 2 is 2.54 bits per heavy atom. The minimum absolute atomic E-state index is 0.478. The maximum absolute atomic E-state index is 10.9. The molecule has 1 aromatic heterocycles. The van der Waals surface area contributed by atoms with Crippen LogP contribution in [-0.4, -0.2) is 32.9 Å². The standard InChI is InChI=1S/C7H9N3O2S/c11-6(12)7(3-8-4-7)1-5-2-9-13-10-5/h2,8H,1,3-4H2,(H,11,12). The molecule has 0 atom stereocenters. The lowest BCUT2D eigenvalue weighted by Crippen LogP contribution is -2.59. The van der Waals surface area contributed by atoms with Crippen LogP contribution in [0.15, 0.2) is 6.20 Å². The molecule has 0 saturated carbocycles. The van der Waals surface area contributed by atoms with Crippen molar-refractivity contribution in [2.24, 2.45) is 5.41 Å². The highest BCUT2D eigenvalue weighted by atomic mass is 32.1. The number of nitrogens with one attached hydrogen (secondary N) is 1. The second-order valence-electron chi connectivity index (χ2n) is 3.26. The molecule has 0 aliphatic carbocycles. The fourth-order valence-electron chi connectivity index (χ4n) is 1.39. The predicted octanol–water partition coefficient (Wildman–Crippen LogP) is -0.245. The van der Waals surface area contributed by atoms with Crippen LogP contribution in [0.25, 0.3) is 0 Å². The van der Waals surface area contributed by atoms with E-state index in [4.69, 9.17) is 5.11 Å². The normalized spacial score (nSPS) is 19.4. The Hall–Kier alpha value is -1.01. The summed E-state index contributed by atoms with van der Waals surface area (Å²) in [5.74, 6) is -0.751. The summed E-state index contributed by atoms with van der Waals surface area (Å²) in [6.07, 6.45) is 2.11. The Labute approximate surface area is 79.1 Å². The van der Waals surface area contributed by atoms with Gasteiger partial charge in [-0.05, 0) is 0 Å². The van der Waals surface area contributed by atoms with Crippen molar-refractivity contribution in [3.05, 3.63) is 11.9 Å². The molecule has 0 amide bonds. The molecule has 0 radical (unpaired) electrons. The summed E-state index contributed by atoms with van der Waals surface area (Å²) in [5.41, 5.74) is 0.129. The van der Waals surface area contributed by atoms with Crippen molar-refractivity contribution in [3.63, 3.8) is 0 Å². The molecule has 0 spiro atoms. The Kier molecular flexibility index (Phi) is 2.01. The molecule has 2 heterocycles. The smallest absolute Gasteiger partial charge is 0.312 e. The summed E-state index contributed by atoms with van der Waals surface area (Å²) >= 11 is 1.11. The molecule has 1 aliphatic rings. The lowest BCUT2D eigenvalue weighted by Gasteiger charge is -2.37. The van der Waals surface area contributed by atoms with Crippen molar-refractivity contribution >= 4 is 17.7 Å². The first-order valence-corrected chi connectivity index (χ1v) is 4.66. The maximum Gasteiger partial charge on any atom is 0.312 e. The minimum Gasteiger partial charge on any atom is -0.481 e. The first-order valence-electron chi connectivity index (χ1n) is 3.93. The third kappa shape index (κ3) is 1.42. The molecule has 0 bridgehead atoms. The number of aromatic nitrogens is 2. The molecule has 13 heavy (non-hydrogen) atoms. The fourth-order valence-corrected chi connectivity index (χ4v) is 1.82. The molecule has 1 aliphatic heterocycles. The van der Waals surface area contributed by atoms with E-state index in [9.17, 15) is 4.79 Å². The van der Waals surface area contributed by atoms with Crippen LogP contribution < -0.4 is 5.32 Å². The van der Waals surface area contributed by atoms with Gasteiger partial charge in [-0.1, -0.05) is 0 Å². The van der Waals surface area contributed by atoms with Gasteiger partial charge < -0.3 is 10.4 Å². The van der Waals surface area contributed by atoms with Crippen LogP contribution in [-0.2, 0) is 11.2 Å². The van der Waals surface area contributed by atoms with Gasteiger partial charge in [-0.2, -0.15) is 8.75 Å². The molecule has 2 rings (SSSR count). The van der Waals surface area contributed by atoms with Crippen LogP contribution in [0.3, 0.4) is 0 Å². The molecule has 1 fully saturated rings. The number of aliphatic carboxylic acids is 1. The Morgan fingerprint density at radius 1 is 1.77 bits per heavy atom. The molecule has 0 aromatic carbocycles. The third-order valence-corrected chi connectivity index (χ3v) is 2.82. The SMILES string of the molecule is O=C(O)C1(Cc2cnsn2)CNC1. The zero-order chi connectivity index (χ0) is 9.31. The van der Waals surface area contributed by atoms with E-state index in [1.807, 2.05) is 0 Å². The second kappa shape index (κ2) is 3.04. The van der Waals surface area contributed by atoms with Gasteiger partial charge in [0.15, 0.2) is 0 Å². The van der Waals surface area contributed by atoms with Gasteiger partial charge in [0.25, 0.3) is 0 Å². The van der Waals surface area contributed by atoms with Gasteiger partial charge in [-0.3, -0.25) is 4.79 Å². The van der Waals surface area contributed by atoms with Gasteiger partial charge in [-0.15, -0.1) is 0 Å². The van der Waals surface area contributed by atoms with Crippen molar-refractivity contribution in [1.82, 2.24) is 14.1 Å². The zero-order valence-corrected chi connectivity index (χ0v) is 7.67. The van der Waals surface area contributed by atoms with E-state index in [1.54, 1.807) is 6.20 Å². The summed E-state index contributed by atoms with van der Waals surface area (Å²) in [7, 11) is 0.